The molecule has 1 aliphatic heterocycles. The molecule has 1 saturated carbocycles. The molecule has 2 heterocycles. The van der Waals surface area contributed by atoms with E-state index in [9.17, 15) is 8.42 Å². The lowest BCUT2D eigenvalue weighted by molar-refractivity contribution is 0.250. The van der Waals surface area contributed by atoms with Crippen LogP contribution in [0.25, 0.3) is 0 Å². The fourth-order valence-corrected chi connectivity index (χ4v) is 5.81. The van der Waals surface area contributed by atoms with Crippen LogP contribution >= 0.6 is 0 Å². The van der Waals surface area contributed by atoms with E-state index in [2.05, 4.69) is 41.2 Å². The number of hydrogen-bond donors (Lipinski definition) is 1. The van der Waals surface area contributed by atoms with E-state index in [4.69, 9.17) is 0 Å². The molecular formula is C23H32N4O2S. The van der Waals surface area contributed by atoms with Gasteiger partial charge in [0.1, 0.15) is 5.82 Å². The number of sulfone groups is 1. The van der Waals surface area contributed by atoms with E-state index < -0.39 is 9.84 Å². The number of nitrogens with zero attached hydrogens (tertiary/aromatic N) is 3. The summed E-state index contributed by atoms with van der Waals surface area (Å²) in [5, 5.41) is 11.6. The molecular weight excluding hydrogens is 396 g/mol. The number of likely N-dealkylation sites (tertiary alicyclic amines) is 1. The number of nitrogens with one attached hydrogen (secondary N) is 1. The van der Waals surface area contributed by atoms with E-state index in [0.717, 1.165) is 24.7 Å². The van der Waals surface area contributed by atoms with Gasteiger partial charge in [0, 0.05) is 19.1 Å². The summed E-state index contributed by atoms with van der Waals surface area (Å²) >= 11 is 0. The van der Waals surface area contributed by atoms with Crippen molar-refractivity contribution in [3.8, 4) is 0 Å². The monoisotopic (exact) mass is 428 g/mol. The van der Waals surface area contributed by atoms with E-state index >= 15 is 0 Å². The summed E-state index contributed by atoms with van der Waals surface area (Å²) in [5.74, 6) is 2.14. The first-order valence-electron chi connectivity index (χ1n) is 10.8. The number of rotatable bonds is 6. The van der Waals surface area contributed by atoms with Gasteiger partial charge in [-0.3, -0.25) is 0 Å². The van der Waals surface area contributed by atoms with Crippen LogP contribution in [0.3, 0.4) is 0 Å². The van der Waals surface area contributed by atoms with Crippen molar-refractivity contribution in [2.24, 2.45) is 17.3 Å². The number of fused-ring (bicyclic) bond motifs is 1. The van der Waals surface area contributed by atoms with E-state index in [1.807, 2.05) is 0 Å². The second-order valence-corrected chi connectivity index (χ2v) is 11.9. The zero-order chi connectivity index (χ0) is 21.4. The summed E-state index contributed by atoms with van der Waals surface area (Å²) in [4.78, 5) is 2.86. The molecule has 4 rings (SSSR count). The highest BCUT2D eigenvalue weighted by molar-refractivity contribution is 7.91. The Morgan fingerprint density at radius 2 is 1.67 bits per heavy atom. The van der Waals surface area contributed by atoms with Crippen molar-refractivity contribution in [3.63, 3.8) is 0 Å². The zero-order valence-electron chi connectivity index (χ0n) is 18.1. The summed E-state index contributed by atoms with van der Waals surface area (Å²) in [6.45, 7) is 10.5. The number of aromatic nitrogens is 2. The lowest BCUT2D eigenvalue weighted by Gasteiger charge is -2.24. The lowest BCUT2D eigenvalue weighted by atomic mass is 9.92. The number of hydrogen-bond acceptors (Lipinski definition) is 6. The molecule has 1 saturated heterocycles. The molecule has 7 heteroatoms. The first-order valence-corrected chi connectivity index (χ1v) is 12.3. The van der Waals surface area contributed by atoms with Crippen molar-refractivity contribution in [2.45, 2.75) is 56.0 Å². The molecule has 0 bridgehead atoms. The van der Waals surface area contributed by atoms with Crippen LogP contribution in [0.2, 0.25) is 0 Å². The standard InChI is InChI=1S/C23H32N4O2S/c1-23(2,3)11-12-27-15-17-13-19(14-18(17)16-27)24-21-9-10-22(26-25-21)30(28,29)20-7-5-4-6-8-20/h4-10,17-19H,11-16H2,1-3H3,(H,24,25)/t17-,18+,19?. The van der Waals surface area contributed by atoms with Crippen LogP contribution in [-0.2, 0) is 9.84 Å². The maximum absolute atomic E-state index is 12.6. The molecule has 0 amide bonds. The van der Waals surface area contributed by atoms with Gasteiger partial charge < -0.3 is 10.2 Å². The Hall–Kier alpha value is -1.99. The fraction of sp³-hybridized carbons (Fsp3) is 0.565. The van der Waals surface area contributed by atoms with Gasteiger partial charge in [0.2, 0.25) is 9.84 Å². The average molecular weight is 429 g/mol. The highest BCUT2D eigenvalue weighted by Gasteiger charge is 2.40. The molecule has 2 aliphatic rings. The van der Waals surface area contributed by atoms with Gasteiger partial charge in [-0.15, -0.1) is 10.2 Å². The van der Waals surface area contributed by atoms with Gasteiger partial charge in [0.25, 0.3) is 0 Å². The Balaban J connectivity index is 1.32. The molecule has 1 aromatic carbocycles. The van der Waals surface area contributed by atoms with Crippen LogP contribution in [-0.4, -0.2) is 49.2 Å². The maximum atomic E-state index is 12.6. The smallest absolute Gasteiger partial charge is 0.225 e. The van der Waals surface area contributed by atoms with Gasteiger partial charge in [-0.25, -0.2) is 8.42 Å². The zero-order valence-corrected chi connectivity index (χ0v) is 18.9. The third kappa shape index (κ3) is 4.83. The quantitative estimate of drug-likeness (QED) is 0.753. The molecule has 2 aromatic rings. The Bertz CT molecular complexity index is 941. The molecule has 0 radical (unpaired) electrons. The number of anilines is 1. The Labute approximate surface area is 180 Å². The fourth-order valence-electron chi connectivity index (χ4n) is 4.66. The number of benzene rings is 1. The van der Waals surface area contributed by atoms with E-state index in [-0.39, 0.29) is 9.92 Å². The van der Waals surface area contributed by atoms with Crippen molar-refractivity contribution in [3.05, 3.63) is 42.5 Å². The predicted molar refractivity (Wildman–Crippen MR) is 118 cm³/mol. The third-order valence-electron chi connectivity index (χ3n) is 6.33. The summed E-state index contributed by atoms with van der Waals surface area (Å²) < 4.78 is 25.3. The van der Waals surface area contributed by atoms with Crippen molar-refractivity contribution >= 4 is 15.7 Å². The summed E-state index contributed by atoms with van der Waals surface area (Å²) in [5.41, 5.74) is 0.389. The van der Waals surface area contributed by atoms with Crippen molar-refractivity contribution in [1.82, 2.24) is 15.1 Å². The minimum Gasteiger partial charge on any atom is -0.366 e. The first-order chi connectivity index (χ1) is 14.2. The molecule has 162 valence electrons. The summed E-state index contributed by atoms with van der Waals surface area (Å²) in [6.07, 6.45) is 3.52. The van der Waals surface area contributed by atoms with Gasteiger partial charge >= 0.3 is 0 Å². The highest BCUT2D eigenvalue weighted by Crippen LogP contribution is 2.39. The molecule has 2 fully saturated rings. The Morgan fingerprint density at radius 3 is 2.23 bits per heavy atom. The van der Waals surface area contributed by atoms with E-state index in [1.54, 1.807) is 42.5 Å². The summed E-state index contributed by atoms with van der Waals surface area (Å²) in [7, 11) is -3.62. The summed E-state index contributed by atoms with van der Waals surface area (Å²) in [6, 6.07) is 12.0. The van der Waals surface area contributed by atoms with E-state index in [1.165, 1.54) is 26.1 Å². The molecule has 0 spiro atoms. The minimum atomic E-state index is -3.62. The average Bonchev–Trinajstić information content (AvgIpc) is 3.25. The molecule has 3 atom stereocenters. The van der Waals surface area contributed by atoms with Crippen LogP contribution in [0, 0.1) is 17.3 Å². The van der Waals surface area contributed by atoms with Crippen LogP contribution < -0.4 is 5.32 Å². The van der Waals surface area contributed by atoms with Gasteiger partial charge in [-0.1, -0.05) is 39.0 Å². The topological polar surface area (TPSA) is 75.2 Å². The molecule has 1 aromatic heterocycles. The van der Waals surface area contributed by atoms with Crippen LogP contribution in [0.15, 0.2) is 52.4 Å². The van der Waals surface area contributed by atoms with Gasteiger partial charge in [0.15, 0.2) is 5.03 Å². The maximum Gasteiger partial charge on any atom is 0.225 e. The van der Waals surface area contributed by atoms with Gasteiger partial charge in [0.05, 0.1) is 4.90 Å². The molecule has 1 unspecified atom stereocenters. The first kappa shape index (κ1) is 21.2. The van der Waals surface area contributed by atoms with Crippen molar-refractivity contribution in [2.75, 3.05) is 25.0 Å². The van der Waals surface area contributed by atoms with Crippen LogP contribution in [0.1, 0.15) is 40.0 Å². The normalized spacial score (nSPS) is 24.7. The molecule has 1 aliphatic carbocycles. The second-order valence-electron chi connectivity index (χ2n) is 9.98. The predicted octanol–water partition coefficient (Wildman–Crippen LogP) is 3.87. The van der Waals surface area contributed by atoms with Gasteiger partial charge in [-0.2, -0.15) is 0 Å². The Kier molecular flexibility index (Phi) is 5.86. The van der Waals surface area contributed by atoms with Crippen LogP contribution in [0.4, 0.5) is 5.82 Å². The molecule has 6 nitrogen and oxygen atoms in total. The largest absolute Gasteiger partial charge is 0.366 e. The Morgan fingerprint density at radius 1 is 1.00 bits per heavy atom. The minimum absolute atomic E-state index is 0.0166. The molecule has 1 N–H and O–H groups in total. The SMILES string of the molecule is CC(C)(C)CCN1C[C@H]2CC(Nc3ccc(S(=O)(=O)c4ccccc4)nn3)C[C@H]2C1. The van der Waals surface area contributed by atoms with Gasteiger partial charge in [-0.05, 0) is 67.3 Å². The third-order valence-corrected chi connectivity index (χ3v) is 7.99. The molecule has 30 heavy (non-hydrogen) atoms. The van der Waals surface area contributed by atoms with Crippen molar-refractivity contribution in [1.29, 1.82) is 0 Å². The van der Waals surface area contributed by atoms with Crippen LogP contribution in [0.5, 0.6) is 0 Å². The second kappa shape index (κ2) is 8.27. The highest BCUT2D eigenvalue weighted by atomic mass is 32.2. The van der Waals surface area contributed by atoms with Crippen molar-refractivity contribution < 1.29 is 8.42 Å². The lowest BCUT2D eigenvalue weighted by Crippen LogP contribution is -2.28. The van der Waals surface area contributed by atoms with E-state index in [0.29, 0.717) is 17.3 Å².